The molecule has 0 aromatic carbocycles. The van der Waals surface area contributed by atoms with Crippen LogP contribution in [0.1, 0.15) is 0 Å². The predicted octanol–water partition coefficient (Wildman–Crippen LogP) is -5.12. The normalized spacial score (nSPS) is 12.6. The molecule has 0 bridgehead atoms. The predicted molar refractivity (Wildman–Crippen MR) is 29.5 cm³/mol. The van der Waals surface area contributed by atoms with Crippen LogP contribution in [0.4, 0.5) is 0 Å². The number of nitrogens with zero attached hydrogens (tertiary/aromatic N) is 1. The van der Waals surface area contributed by atoms with E-state index in [2.05, 4.69) is 4.99 Å². The quantitative estimate of drug-likeness (QED) is 0.425. The van der Waals surface area contributed by atoms with Gasteiger partial charge in [-0.15, -0.1) is 0 Å². The van der Waals surface area contributed by atoms with Crippen molar-refractivity contribution in [1.29, 1.82) is 0 Å². The van der Waals surface area contributed by atoms with E-state index in [1.54, 1.807) is 12.5 Å². The van der Waals surface area contributed by atoms with Gasteiger partial charge in [0.1, 0.15) is 6.20 Å². The summed E-state index contributed by atoms with van der Waals surface area (Å²) < 4.78 is 0. The molecular formula is C3H8ClInN2. The summed E-state index contributed by atoms with van der Waals surface area (Å²) in [6.45, 7) is 0. The molecule has 0 atom stereocenters. The fourth-order valence-corrected chi connectivity index (χ4v) is 0.248. The molecule has 40 valence electrons. The fraction of sp³-hybridized carbons (Fsp3) is 0. The van der Waals surface area contributed by atoms with Crippen LogP contribution in [-0.4, -0.2) is 32.2 Å². The van der Waals surface area contributed by atoms with Crippen molar-refractivity contribution in [2.45, 2.75) is 0 Å². The van der Waals surface area contributed by atoms with E-state index < -0.39 is 0 Å². The summed E-state index contributed by atoms with van der Waals surface area (Å²) in [6.07, 6.45) is 5.39. The third-order valence-corrected chi connectivity index (χ3v) is 0.455. The van der Waals surface area contributed by atoms with Crippen LogP contribution in [-0.2, 0) is 0 Å². The van der Waals surface area contributed by atoms with Gasteiger partial charge in [0.05, 0.1) is 6.20 Å². The summed E-state index contributed by atoms with van der Waals surface area (Å²) in [6, 6.07) is 0. The van der Waals surface area contributed by atoms with E-state index in [1.165, 1.54) is 0 Å². The second kappa shape index (κ2) is 6.53. The molecule has 7 heavy (non-hydrogen) atoms. The standard InChI is InChI=1S/C3H4N2.ClH.In.3H/c1-2-5-3-4-1;;;;;/h1-3H,(H,4,5);1H;;;;. The van der Waals surface area contributed by atoms with Gasteiger partial charge in [-0.25, -0.2) is 4.99 Å². The van der Waals surface area contributed by atoms with E-state index in [1.807, 2.05) is 11.5 Å². The van der Waals surface area contributed by atoms with Gasteiger partial charge in [-0.05, 0) is 0 Å². The van der Waals surface area contributed by atoms with Crippen LogP contribution in [0.15, 0.2) is 17.4 Å². The minimum atomic E-state index is 0. The van der Waals surface area contributed by atoms with Crippen molar-refractivity contribution >= 4 is 32.2 Å². The molecule has 0 saturated carbocycles. The molecular weight excluding hydrogens is 214 g/mol. The molecule has 0 fully saturated rings. The Balaban J connectivity index is 0. The van der Waals surface area contributed by atoms with Crippen molar-refractivity contribution in [1.82, 2.24) is 0 Å². The van der Waals surface area contributed by atoms with Crippen LogP contribution >= 0.6 is 0 Å². The molecule has 2 nitrogen and oxygen atoms in total. The molecule has 0 amide bonds. The van der Waals surface area contributed by atoms with Gasteiger partial charge >= 0.3 is 25.8 Å². The Morgan fingerprint density at radius 1 is 1.43 bits per heavy atom. The van der Waals surface area contributed by atoms with Gasteiger partial charge in [0, 0.05) is 0 Å². The zero-order chi connectivity index (χ0) is 3.54. The molecule has 4 heteroatoms. The van der Waals surface area contributed by atoms with Crippen molar-refractivity contribution in [3.63, 3.8) is 0 Å². The van der Waals surface area contributed by atoms with E-state index in [4.69, 9.17) is 0 Å². The molecule has 0 unspecified atom stereocenters. The van der Waals surface area contributed by atoms with Gasteiger partial charge in [0.15, 0.2) is 6.34 Å². The molecule has 2 N–H and O–H groups in total. The van der Waals surface area contributed by atoms with Gasteiger partial charge in [-0.1, -0.05) is 0 Å². The molecule has 0 saturated heterocycles. The van der Waals surface area contributed by atoms with E-state index in [0.29, 0.717) is 0 Å². The van der Waals surface area contributed by atoms with Crippen molar-refractivity contribution in [2.75, 3.05) is 0 Å². The molecule has 1 aliphatic heterocycles. The van der Waals surface area contributed by atoms with Crippen molar-refractivity contribution in [3.8, 4) is 0 Å². The van der Waals surface area contributed by atoms with E-state index in [9.17, 15) is 0 Å². The van der Waals surface area contributed by atoms with Crippen molar-refractivity contribution < 1.29 is 17.7 Å². The van der Waals surface area contributed by atoms with Gasteiger partial charge < -0.3 is 12.4 Å². The van der Waals surface area contributed by atoms with Crippen LogP contribution < -0.4 is 17.7 Å². The van der Waals surface area contributed by atoms with Crippen molar-refractivity contribution in [3.05, 3.63) is 12.4 Å². The maximum absolute atomic E-state index is 3.72. The molecule has 0 aromatic heterocycles. The average molecular weight is 222 g/mol. The van der Waals surface area contributed by atoms with Crippen LogP contribution in [0.3, 0.4) is 0 Å². The molecule has 0 aromatic rings. The van der Waals surface area contributed by atoms with Gasteiger partial charge in [-0.2, -0.15) is 0 Å². The second-order valence-electron chi connectivity index (χ2n) is 0.832. The van der Waals surface area contributed by atoms with E-state index >= 15 is 0 Å². The number of aliphatic imine (C=N–C) groups is 1. The molecule has 0 radical (unpaired) electrons. The first-order chi connectivity index (χ1) is 2.50. The number of nitrogens with two attached hydrogens (primary N) is 1. The van der Waals surface area contributed by atoms with Crippen LogP contribution in [0, 0.1) is 0 Å². The summed E-state index contributed by atoms with van der Waals surface area (Å²) in [4.78, 5) is 3.72. The monoisotopic (exact) mass is 222 g/mol. The Morgan fingerprint density at radius 2 is 2.14 bits per heavy atom. The van der Waals surface area contributed by atoms with E-state index in [0.717, 1.165) is 0 Å². The zero-order valence-corrected chi connectivity index (χ0v) is 3.89. The van der Waals surface area contributed by atoms with Gasteiger partial charge in [0.25, 0.3) is 0 Å². The van der Waals surface area contributed by atoms with Gasteiger partial charge in [-0.3, -0.25) is 5.32 Å². The third kappa shape index (κ3) is 4.38. The van der Waals surface area contributed by atoms with Crippen molar-refractivity contribution in [2.24, 2.45) is 4.99 Å². The maximum atomic E-state index is 3.72. The molecule has 0 spiro atoms. The summed E-state index contributed by atoms with van der Waals surface area (Å²) in [7, 11) is 0. The zero-order valence-electron chi connectivity index (χ0n) is 3.13. The number of halogens is 1. The molecule has 0 aliphatic carbocycles. The summed E-state index contributed by atoms with van der Waals surface area (Å²) in [5.74, 6) is 0. The second-order valence-corrected chi connectivity index (χ2v) is 0.832. The Morgan fingerprint density at radius 3 is 2.29 bits per heavy atom. The topological polar surface area (TPSA) is 29.0 Å². The number of quaternary nitrogens is 1. The average Bonchev–Trinajstić information content (AvgIpc) is 1.76. The molecule has 1 aliphatic rings. The Kier molecular flexibility index (Phi) is 9.79. The first-order valence-electron chi connectivity index (χ1n) is 1.52. The Labute approximate surface area is 67.3 Å². The number of hydrogen-bond donors (Lipinski definition) is 1. The Bertz CT molecular complexity index is 71.0. The summed E-state index contributed by atoms with van der Waals surface area (Å²) in [5, 5.41) is 1.89. The first-order valence-corrected chi connectivity index (χ1v) is 1.52. The van der Waals surface area contributed by atoms with Gasteiger partial charge in [0.2, 0.25) is 0 Å². The van der Waals surface area contributed by atoms with Crippen LogP contribution in [0.5, 0.6) is 0 Å². The SMILES string of the molecule is C1=C[NH2+]C=N1.[Cl-].[InH3]. The summed E-state index contributed by atoms with van der Waals surface area (Å²) in [5.41, 5.74) is 0. The number of hydrogen-bond acceptors (Lipinski definition) is 1. The van der Waals surface area contributed by atoms with E-state index in [-0.39, 0.29) is 38.3 Å². The first kappa shape index (κ1) is 10.5. The Hall–Kier alpha value is 0.530. The molecule has 1 rings (SSSR count). The fourth-order valence-electron chi connectivity index (χ4n) is 0.248. The van der Waals surface area contributed by atoms with Crippen LogP contribution in [0.25, 0.3) is 0 Å². The minimum absolute atomic E-state index is 0. The summed E-state index contributed by atoms with van der Waals surface area (Å²) >= 11 is 0. The molecule has 1 heterocycles. The van der Waals surface area contributed by atoms with Crippen LogP contribution in [0.2, 0.25) is 0 Å². The third-order valence-electron chi connectivity index (χ3n) is 0.455. The number of rotatable bonds is 0.